The van der Waals surface area contributed by atoms with E-state index in [1.807, 2.05) is 0 Å². The molecule has 0 bridgehead atoms. The van der Waals surface area contributed by atoms with Crippen LogP contribution in [0.1, 0.15) is 13.3 Å². The monoisotopic (exact) mass is 244 g/mol. The average molecular weight is 244 g/mol. The molecule has 0 aliphatic rings. The summed E-state index contributed by atoms with van der Waals surface area (Å²) in [4.78, 5) is 0.238. The Morgan fingerprint density at radius 2 is 2.12 bits per heavy atom. The van der Waals surface area contributed by atoms with Crippen LogP contribution in [0.5, 0.6) is 5.75 Å². The fourth-order valence-electron chi connectivity index (χ4n) is 1.14. The average Bonchev–Trinajstić information content (AvgIpc) is 2.16. The van der Waals surface area contributed by atoms with Crippen molar-refractivity contribution in [2.75, 3.05) is 12.9 Å². The zero-order valence-corrected chi connectivity index (χ0v) is 10.2. The van der Waals surface area contributed by atoms with E-state index < -0.39 is 15.9 Å². The van der Waals surface area contributed by atoms with Gasteiger partial charge in [0.25, 0.3) is 0 Å². The summed E-state index contributed by atoms with van der Waals surface area (Å²) in [5.74, 6) is 0.503. The molecule has 90 valence electrons. The lowest BCUT2D eigenvalue weighted by Gasteiger charge is -2.08. The second-order valence-corrected chi connectivity index (χ2v) is 5.75. The van der Waals surface area contributed by atoms with Gasteiger partial charge in [-0.1, -0.05) is 6.07 Å². The minimum Gasteiger partial charge on any atom is -0.493 e. The zero-order chi connectivity index (χ0) is 12.2. The molecular formula is C11H16O4S. The van der Waals surface area contributed by atoms with Crippen LogP contribution in [0.3, 0.4) is 0 Å². The van der Waals surface area contributed by atoms with Crippen molar-refractivity contribution in [1.82, 2.24) is 0 Å². The van der Waals surface area contributed by atoms with Gasteiger partial charge in [0, 0.05) is 12.7 Å². The number of hydrogen-bond acceptors (Lipinski definition) is 4. The summed E-state index contributed by atoms with van der Waals surface area (Å²) < 4.78 is 27.9. The maximum atomic E-state index is 11.3. The Balaban J connectivity index is 2.69. The van der Waals surface area contributed by atoms with Gasteiger partial charge in [0.15, 0.2) is 9.84 Å². The smallest absolute Gasteiger partial charge is 0.175 e. The van der Waals surface area contributed by atoms with Gasteiger partial charge in [-0.05, 0) is 25.1 Å². The number of aliphatic hydroxyl groups excluding tert-OH is 1. The van der Waals surface area contributed by atoms with E-state index in [-0.39, 0.29) is 4.90 Å². The van der Waals surface area contributed by atoms with Gasteiger partial charge < -0.3 is 9.84 Å². The van der Waals surface area contributed by atoms with Gasteiger partial charge in [-0.2, -0.15) is 0 Å². The summed E-state index contributed by atoms with van der Waals surface area (Å²) in [6.07, 6.45) is 1.25. The van der Waals surface area contributed by atoms with Gasteiger partial charge in [-0.25, -0.2) is 8.42 Å². The summed E-state index contributed by atoms with van der Waals surface area (Å²) in [5.41, 5.74) is 0. The number of rotatable bonds is 5. The third-order valence-corrected chi connectivity index (χ3v) is 3.15. The molecule has 0 amide bonds. The maximum absolute atomic E-state index is 11.3. The minimum absolute atomic E-state index is 0.238. The SMILES string of the molecule is CC(O)CCOc1cccc(S(C)(=O)=O)c1. The number of aliphatic hydroxyl groups is 1. The van der Waals surface area contributed by atoms with Crippen molar-refractivity contribution < 1.29 is 18.3 Å². The molecule has 0 saturated heterocycles. The highest BCUT2D eigenvalue weighted by atomic mass is 32.2. The van der Waals surface area contributed by atoms with Crippen LogP contribution in [0.4, 0.5) is 0 Å². The highest BCUT2D eigenvalue weighted by molar-refractivity contribution is 7.90. The molecule has 0 radical (unpaired) electrons. The van der Waals surface area contributed by atoms with Crippen molar-refractivity contribution in [2.45, 2.75) is 24.3 Å². The first-order valence-corrected chi connectivity index (χ1v) is 6.90. The van der Waals surface area contributed by atoms with Crippen LogP contribution in [0.2, 0.25) is 0 Å². The Morgan fingerprint density at radius 3 is 2.69 bits per heavy atom. The molecule has 1 atom stereocenters. The molecule has 1 aromatic carbocycles. The molecule has 5 heteroatoms. The number of ether oxygens (including phenoxy) is 1. The largest absolute Gasteiger partial charge is 0.493 e. The predicted molar refractivity (Wildman–Crippen MR) is 61.3 cm³/mol. The van der Waals surface area contributed by atoms with Crippen LogP contribution in [0.25, 0.3) is 0 Å². The van der Waals surface area contributed by atoms with Gasteiger partial charge in [0.2, 0.25) is 0 Å². The molecule has 1 unspecified atom stereocenters. The summed E-state index contributed by atoms with van der Waals surface area (Å²) in [6.45, 7) is 2.04. The molecule has 4 nitrogen and oxygen atoms in total. The molecule has 0 aliphatic carbocycles. The number of hydrogen-bond donors (Lipinski definition) is 1. The third-order valence-electron chi connectivity index (χ3n) is 2.04. The van der Waals surface area contributed by atoms with Crippen molar-refractivity contribution >= 4 is 9.84 Å². The van der Waals surface area contributed by atoms with Crippen LogP contribution >= 0.6 is 0 Å². The van der Waals surface area contributed by atoms with Crippen molar-refractivity contribution in [1.29, 1.82) is 0 Å². The van der Waals surface area contributed by atoms with Crippen LogP contribution in [0, 0.1) is 0 Å². The summed E-state index contributed by atoms with van der Waals surface area (Å²) >= 11 is 0. The molecule has 0 aliphatic heterocycles. The molecule has 1 N–H and O–H groups in total. The summed E-state index contributed by atoms with van der Waals surface area (Å²) in [6, 6.07) is 6.33. The van der Waals surface area contributed by atoms with Gasteiger partial charge in [0.05, 0.1) is 17.6 Å². The van der Waals surface area contributed by atoms with E-state index in [2.05, 4.69) is 0 Å². The van der Waals surface area contributed by atoms with E-state index in [4.69, 9.17) is 9.84 Å². The van der Waals surface area contributed by atoms with Gasteiger partial charge >= 0.3 is 0 Å². The van der Waals surface area contributed by atoms with Crippen LogP contribution < -0.4 is 4.74 Å². The topological polar surface area (TPSA) is 63.6 Å². The zero-order valence-electron chi connectivity index (χ0n) is 9.38. The molecule has 1 rings (SSSR count). The van der Waals surface area contributed by atoms with Crippen molar-refractivity contribution in [3.63, 3.8) is 0 Å². The highest BCUT2D eigenvalue weighted by Gasteiger charge is 2.07. The van der Waals surface area contributed by atoms with E-state index in [9.17, 15) is 8.42 Å². The Hall–Kier alpha value is -1.07. The Labute approximate surface area is 95.8 Å². The molecular weight excluding hydrogens is 228 g/mol. The lowest BCUT2D eigenvalue weighted by Crippen LogP contribution is -2.07. The number of benzene rings is 1. The first kappa shape index (κ1) is 13.0. The van der Waals surface area contributed by atoms with Crippen LogP contribution in [-0.4, -0.2) is 32.5 Å². The highest BCUT2D eigenvalue weighted by Crippen LogP contribution is 2.17. The lowest BCUT2D eigenvalue weighted by atomic mass is 10.3. The molecule has 0 heterocycles. The predicted octanol–water partition coefficient (Wildman–Crippen LogP) is 1.24. The molecule has 0 saturated carbocycles. The Kier molecular flexibility index (Phi) is 4.32. The van der Waals surface area contributed by atoms with Gasteiger partial charge in [-0.3, -0.25) is 0 Å². The van der Waals surface area contributed by atoms with Gasteiger partial charge in [-0.15, -0.1) is 0 Å². The van der Waals surface area contributed by atoms with E-state index in [1.54, 1.807) is 19.1 Å². The van der Waals surface area contributed by atoms with E-state index >= 15 is 0 Å². The molecule has 16 heavy (non-hydrogen) atoms. The standard InChI is InChI=1S/C11H16O4S/c1-9(12)6-7-15-10-4-3-5-11(8-10)16(2,13)14/h3-5,8-9,12H,6-7H2,1-2H3. The second-order valence-electron chi connectivity index (χ2n) is 3.73. The maximum Gasteiger partial charge on any atom is 0.175 e. The van der Waals surface area contributed by atoms with Crippen LogP contribution in [0.15, 0.2) is 29.2 Å². The van der Waals surface area contributed by atoms with E-state index in [1.165, 1.54) is 12.1 Å². The molecule has 0 aromatic heterocycles. The van der Waals surface area contributed by atoms with Crippen LogP contribution in [-0.2, 0) is 9.84 Å². The van der Waals surface area contributed by atoms with Crippen molar-refractivity contribution in [3.8, 4) is 5.75 Å². The molecule has 0 fully saturated rings. The number of sulfone groups is 1. The Morgan fingerprint density at radius 1 is 1.44 bits per heavy atom. The second kappa shape index (κ2) is 5.32. The minimum atomic E-state index is -3.20. The van der Waals surface area contributed by atoms with Crippen molar-refractivity contribution in [2.24, 2.45) is 0 Å². The molecule has 0 spiro atoms. The quantitative estimate of drug-likeness (QED) is 0.846. The Bertz CT molecular complexity index is 437. The van der Waals surface area contributed by atoms with Gasteiger partial charge in [0.1, 0.15) is 5.75 Å². The lowest BCUT2D eigenvalue weighted by molar-refractivity contribution is 0.155. The summed E-state index contributed by atoms with van der Waals surface area (Å²) in [5, 5.41) is 9.04. The summed E-state index contributed by atoms with van der Waals surface area (Å²) in [7, 11) is -3.20. The van der Waals surface area contributed by atoms with E-state index in [0.717, 1.165) is 6.26 Å². The fourth-order valence-corrected chi connectivity index (χ4v) is 1.80. The normalized spacial score (nSPS) is 13.4. The molecule has 1 aromatic rings. The fraction of sp³-hybridized carbons (Fsp3) is 0.455. The first-order chi connectivity index (χ1) is 7.39. The van der Waals surface area contributed by atoms with Crippen molar-refractivity contribution in [3.05, 3.63) is 24.3 Å². The first-order valence-electron chi connectivity index (χ1n) is 5.00. The van der Waals surface area contributed by atoms with E-state index in [0.29, 0.717) is 18.8 Å². The third kappa shape index (κ3) is 4.20.